The van der Waals surface area contributed by atoms with Gasteiger partial charge >= 0.3 is 5.97 Å². The molecule has 3 rings (SSSR count). The monoisotopic (exact) mass is 391 g/mol. The fourth-order valence-corrected chi connectivity index (χ4v) is 2.91. The highest BCUT2D eigenvalue weighted by atomic mass is 16.6. The molecule has 5 nitrogen and oxygen atoms in total. The van der Waals surface area contributed by atoms with Crippen LogP contribution in [0.5, 0.6) is 5.75 Å². The number of ether oxygens (including phenoxy) is 2. The van der Waals surface area contributed by atoms with Crippen LogP contribution < -0.4 is 10.1 Å². The zero-order chi connectivity index (χ0) is 20.6. The summed E-state index contributed by atoms with van der Waals surface area (Å²) in [5, 5.41) is 4.84. The van der Waals surface area contributed by atoms with Gasteiger partial charge in [-0.15, -0.1) is 0 Å². The minimum absolute atomic E-state index is 0.255. The van der Waals surface area contributed by atoms with E-state index in [2.05, 4.69) is 19.2 Å². The molecule has 0 heterocycles. The second kappa shape index (κ2) is 9.73. The minimum atomic E-state index is -0.597. The largest absolute Gasteiger partial charge is 0.482 e. The Morgan fingerprint density at radius 2 is 1.66 bits per heavy atom. The summed E-state index contributed by atoms with van der Waals surface area (Å²) in [5.41, 5.74) is 1.90. The van der Waals surface area contributed by atoms with Gasteiger partial charge in [0, 0.05) is 5.69 Å². The van der Waals surface area contributed by atoms with Crippen molar-refractivity contribution in [3.05, 3.63) is 72.3 Å². The number of carbonyl (C=O) groups excluding carboxylic acids is 2. The number of rotatable bonds is 8. The predicted molar refractivity (Wildman–Crippen MR) is 114 cm³/mol. The summed E-state index contributed by atoms with van der Waals surface area (Å²) in [4.78, 5) is 23.8. The van der Waals surface area contributed by atoms with Gasteiger partial charge in [0.1, 0.15) is 5.75 Å². The van der Waals surface area contributed by atoms with E-state index in [1.54, 1.807) is 6.07 Å². The maximum Gasteiger partial charge on any atom is 0.344 e. The Bertz CT molecular complexity index is 982. The van der Waals surface area contributed by atoms with E-state index in [0.717, 1.165) is 17.2 Å². The number of hydrogen-bond donors (Lipinski definition) is 1. The van der Waals surface area contributed by atoms with E-state index in [0.29, 0.717) is 17.4 Å². The van der Waals surface area contributed by atoms with Gasteiger partial charge in [-0.05, 0) is 52.9 Å². The maximum absolute atomic E-state index is 12.0. The van der Waals surface area contributed by atoms with Gasteiger partial charge in [0.2, 0.25) is 0 Å². The molecule has 0 saturated heterocycles. The zero-order valence-electron chi connectivity index (χ0n) is 16.7. The van der Waals surface area contributed by atoms with Gasteiger partial charge in [-0.1, -0.05) is 56.3 Å². The lowest BCUT2D eigenvalue weighted by Crippen LogP contribution is -2.23. The molecule has 0 saturated carbocycles. The molecular weight excluding hydrogens is 366 g/mol. The first-order chi connectivity index (χ1) is 14.0. The average Bonchev–Trinajstić information content (AvgIpc) is 2.76. The number of hydrogen-bond acceptors (Lipinski definition) is 4. The van der Waals surface area contributed by atoms with Crippen molar-refractivity contribution >= 4 is 28.3 Å². The van der Waals surface area contributed by atoms with Crippen LogP contribution in [-0.2, 0) is 14.3 Å². The van der Waals surface area contributed by atoms with Crippen LogP contribution in [0.4, 0.5) is 5.69 Å². The molecule has 0 spiro atoms. The number of esters is 1. The number of fused-ring (bicyclic) bond motifs is 1. The third-order valence-corrected chi connectivity index (χ3v) is 4.82. The molecule has 1 N–H and O–H groups in total. The molecule has 0 bridgehead atoms. The molecule has 0 aliphatic carbocycles. The molecular formula is C24H25NO4. The lowest BCUT2D eigenvalue weighted by molar-refractivity contribution is -0.149. The van der Waals surface area contributed by atoms with Crippen molar-refractivity contribution in [2.45, 2.75) is 26.2 Å². The summed E-state index contributed by atoms with van der Waals surface area (Å²) in [5.74, 6) is 0.0654. The first-order valence-electron chi connectivity index (χ1n) is 9.72. The highest BCUT2D eigenvalue weighted by Gasteiger charge is 2.10. The lowest BCUT2D eigenvalue weighted by atomic mass is 9.99. The Morgan fingerprint density at radius 1 is 0.931 bits per heavy atom. The van der Waals surface area contributed by atoms with Gasteiger partial charge in [0.05, 0.1) is 0 Å². The molecule has 0 aliphatic heterocycles. The predicted octanol–water partition coefficient (Wildman–Crippen LogP) is 4.91. The van der Waals surface area contributed by atoms with Gasteiger partial charge in [-0.2, -0.15) is 0 Å². The molecule has 1 amide bonds. The number of carbonyl (C=O) groups is 2. The first-order valence-corrected chi connectivity index (χ1v) is 9.72. The highest BCUT2D eigenvalue weighted by Crippen LogP contribution is 2.21. The van der Waals surface area contributed by atoms with E-state index in [4.69, 9.17) is 9.47 Å². The van der Waals surface area contributed by atoms with Crippen molar-refractivity contribution in [1.29, 1.82) is 0 Å². The fourth-order valence-electron chi connectivity index (χ4n) is 2.91. The maximum atomic E-state index is 12.0. The number of anilines is 1. The Hall–Kier alpha value is -3.34. The molecule has 29 heavy (non-hydrogen) atoms. The Kier molecular flexibility index (Phi) is 6.85. The third-order valence-electron chi connectivity index (χ3n) is 4.82. The zero-order valence-corrected chi connectivity index (χ0v) is 16.7. The van der Waals surface area contributed by atoms with Crippen molar-refractivity contribution in [1.82, 2.24) is 0 Å². The standard InChI is InChI=1S/C24H25NO4/c1-3-17(2)18-8-11-21(12-9-18)25-23(26)15-29-24(27)16-28-22-13-10-19-6-4-5-7-20(19)14-22/h4-14,17H,3,15-16H2,1-2H3,(H,25,26)/t17-/m0/s1. The van der Waals surface area contributed by atoms with E-state index in [1.165, 1.54) is 5.56 Å². The van der Waals surface area contributed by atoms with Crippen LogP contribution in [-0.4, -0.2) is 25.1 Å². The van der Waals surface area contributed by atoms with E-state index in [9.17, 15) is 9.59 Å². The molecule has 0 fully saturated rings. The van der Waals surface area contributed by atoms with Crippen LogP contribution in [0.3, 0.4) is 0 Å². The Labute approximate surface area is 170 Å². The lowest BCUT2D eigenvalue weighted by Gasteiger charge is -2.11. The minimum Gasteiger partial charge on any atom is -0.482 e. The molecule has 0 aromatic heterocycles. The molecule has 1 atom stereocenters. The van der Waals surface area contributed by atoms with E-state index in [-0.39, 0.29) is 19.1 Å². The topological polar surface area (TPSA) is 64.6 Å². The SMILES string of the molecule is CC[C@H](C)c1ccc(NC(=O)COC(=O)COc2ccc3ccccc3c2)cc1. The summed E-state index contributed by atoms with van der Waals surface area (Å²) in [6.45, 7) is 3.69. The van der Waals surface area contributed by atoms with Gasteiger partial charge in [0.25, 0.3) is 5.91 Å². The molecule has 3 aromatic carbocycles. The molecule has 5 heteroatoms. The summed E-state index contributed by atoms with van der Waals surface area (Å²) in [6, 6.07) is 21.2. The number of benzene rings is 3. The van der Waals surface area contributed by atoms with Gasteiger partial charge in [0.15, 0.2) is 13.2 Å². The summed E-state index contributed by atoms with van der Waals surface area (Å²) in [6.07, 6.45) is 1.06. The van der Waals surface area contributed by atoms with Crippen LogP contribution in [0.15, 0.2) is 66.7 Å². The van der Waals surface area contributed by atoms with Gasteiger partial charge < -0.3 is 14.8 Å². The Morgan fingerprint density at radius 3 is 2.38 bits per heavy atom. The quantitative estimate of drug-likeness (QED) is 0.554. The first kappa shape index (κ1) is 20.4. The average molecular weight is 391 g/mol. The van der Waals surface area contributed by atoms with Gasteiger partial charge in [-0.3, -0.25) is 4.79 Å². The van der Waals surface area contributed by atoms with Crippen LogP contribution in [0.25, 0.3) is 10.8 Å². The summed E-state index contributed by atoms with van der Waals surface area (Å²) in [7, 11) is 0. The van der Waals surface area contributed by atoms with Crippen molar-refractivity contribution in [2.75, 3.05) is 18.5 Å². The molecule has 3 aromatic rings. The fraction of sp³-hybridized carbons (Fsp3) is 0.250. The van der Waals surface area contributed by atoms with Crippen molar-refractivity contribution in [2.24, 2.45) is 0 Å². The van der Waals surface area contributed by atoms with Crippen LogP contribution in [0.2, 0.25) is 0 Å². The van der Waals surface area contributed by atoms with Crippen LogP contribution >= 0.6 is 0 Å². The number of nitrogens with one attached hydrogen (secondary N) is 1. The highest BCUT2D eigenvalue weighted by molar-refractivity contribution is 5.92. The smallest absolute Gasteiger partial charge is 0.344 e. The molecule has 150 valence electrons. The number of amides is 1. The van der Waals surface area contributed by atoms with E-state index in [1.807, 2.05) is 60.7 Å². The van der Waals surface area contributed by atoms with Crippen LogP contribution in [0, 0.1) is 0 Å². The normalized spacial score (nSPS) is 11.7. The molecule has 0 radical (unpaired) electrons. The summed E-state index contributed by atoms with van der Waals surface area (Å²) < 4.78 is 10.5. The third kappa shape index (κ3) is 5.82. The van der Waals surface area contributed by atoms with E-state index >= 15 is 0 Å². The van der Waals surface area contributed by atoms with Crippen LogP contribution in [0.1, 0.15) is 31.7 Å². The second-order valence-electron chi connectivity index (χ2n) is 6.94. The van der Waals surface area contributed by atoms with E-state index < -0.39 is 5.97 Å². The van der Waals surface area contributed by atoms with Crippen molar-refractivity contribution in [3.8, 4) is 5.75 Å². The molecule has 0 unspecified atom stereocenters. The summed E-state index contributed by atoms with van der Waals surface area (Å²) >= 11 is 0. The Balaban J connectivity index is 1.43. The second-order valence-corrected chi connectivity index (χ2v) is 6.94. The van der Waals surface area contributed by atoms with Crippen molar-refractivity contribution in [3.63, 3.8) is 0 Å². The van der Waals surface area contributed by atoms with Gasteiger partial charge in [-0.25, -0.2) is 4.79 Å². The molecule has 0 aliphatic rings. The van der Waals surface area contributed by atoms with Crippen molar-refractivity contribution < 1.29 is 19.1 Å².